The molecule has 8 heteroatoms. The minimum Gasteiger partial charge on any atom is -0.459 e. The van der Waals surface area contributed by atoms with Crippen LogP contribution in [0.2, 0.25) is 0 Å². The van der Waals surface area contributed by atoms with Crippen LogP contribution in [0.25, 0.3) is 0 Å². The molecular formula is C27H28F2N2O4. The van der Waals surface area contributed by atoms with Crippen molar-refractivity contribution in [2.24, 2.45) is 5.92 Å². The highest BCUT2D eigenvalue weighted by molar-refractivity contribution is 5.91. The molecule has 3 heterocycles. The molecule has 3 aromatic rings. The number of nitrogens with zero attached hydrogens (tertiary/aromatic N) is 2. The monoisotopic (exact) mass is 482 g/mol. The summed E-state index contributed by atoms with van der Waals surface area (Å²) in [6, 6.07) is 12.7. The first-order chi connectivity index (χ1) is 17.0. The fourth-order valence-corrected chi connectivity index (χ4v) is 5.05. The normalized spacial score (nSPS) is 16.9. The number of amides is 1. The lowest BCUT2D eigenvalue weighted by molar-refractivity contribution is 0.0554. The number of likely N-dealkylation sites (N-methyl/N-ethyl adjacent to an activating group) is 1. The zero-order valence-electron chi connectivity index (χ0n) is 19.6. The van der Waals surface area contributed by atoms with E-state index in [2.05, 4.69) is 11.0 Å². The Hall–Kier alpha value is -3.39. The van der Waals surface area contributed by atoms with Crippen LogP contribution in [0.3, 0.4) is 0 Å². The molecule has 0 aliphatic carbocycles. The van der Waals surface area contributed by atoms with Crippen LogP contribution in [0.15, 0.2) is 59.2 Å². The Morgan fingerprint density at radius 2 is 1.89 bits per heavy atom. The first-order valence-electron chi connectivity index (χ1n) is 11.8. The number of halogens is 2. The van der Waals surface area contributed by atoms with Crippen LogP contribution in [-0.4, -0.2) is 48.7 Å². The molecule has 1 atom stereocenters. The molecule has 0 saturated carbocycles. The molecule has 2 aliphatic rings. The second-order valence-electron chi connectivity index (χ2n) is 9.20. The van der Waals surface area contributed by atoms with E-state index in [0.29, 0.717) is 12.0 Å². The van der Waals surface area contributed by atoms with Crippen molar-refractivity contribution in [2.45, 2.75) is 31.8 Å². The molecule has 35 heavy (non-hydrogen) atoms. The third-order valence-corrected chi connectivity index (χ3v) is 7.01. The topological polar surface area (TPSA) is 55.2 Å². The highest BCUT2D eigenvalue weighted by atomic mass is 19.1. The van der Waals surface area contributed by atoms with E-state index in [4.69, 9.17) is 13.9 Å². The highest BCUT2D eigenvalue weighted by Gasteiger charge is 2.33. The van der Waals surface area contributed by atoms with E-state index in [9.17, 15) is 13.6 Å². The van der Waals surface area contributed by atoms with Gasteiger partial charge in [0.15, 0.2) is 17.3 Å². The summed E-state index contributed by atoms with van der Waals surface area (Å²) in [6.07, 6.45) is 3.48. The van der Waals surface area contributed by atoms with Gasteiger partial charge >= 0.3 is 0 Å². The number of piperidine rings is 1. The van der Waals surface area contributed by atoms with Crippen LogP contribution in [0.1, 0.15) is 34.5 Å². The molecule has 1 amide bonds. The Bertz CT molecular complexity index is 1180. The van der Waals surface area contributed by atoms with Crippen LogP contribution >= 0.6 is 0 Å². The van der Waals surface area contributed by atoms with Gasteiger partial charge in [-0.15, -0.1) is 0 Å². The molecule has 5 rings (SSSR count). The maximum atomic E-state index is 14.5. The molecule has 6 nitrogen and oxygen atoms in total. The zero-order valence-corrected chi connectivity index (χ0v) is 19.6. The van der Waals surface area contributed by atoms with Crippen molar-refractivity contribution in [1.82, 2.24) is 9.80 Å². The Labute approximate surface area is 203 Å². The minimum absolute atomic E-state index is 0.163. The van der Waals surface area contributed by atoms with Crippen molar-refractivity contribution in [3.63, 3.8) is 0 Å². The molecule has 0 N–H and O–H groups in total. The SMILES string of the molecule is CN(C(=O)c1ccco1)[C@@H](Cc1ccc(F)cc1F)C1CCN(Cc2ccc3c(c2)OCO3)CC1. The van der Waals surface area contributed by atoms with Gasteiger partial charge in [-0.25, -0.2) is 8.78 Å². The van der Waals surface area contributed by atoms with E-state index in [1.165, 1.54) is 18.4 Å². The summed E-state index contributed by atoms with van der Waals surface area (Å²) in [6.45, 7) is 2.75. The van der Waals surface area contributed by atoms with Crippen molar-refractivity contribution in [3.05, 3.63) is 83.3 Å². The van der Waals surface area contributed by atoms with E-state index < -0.39 is 11.6 Å². The standard InChI is InChI=1S/C27H28F2N2O4/c1-30(27(32)25-3-2-12-33-25)23(14-20-5-6-21(28)15-22(20)29)19-8-10-31(11-9-19)16-18-4-7-24-26(13-18)35-17-34-24/h2-7,12-13,15,19,23H,8-11,14,16-17H2,1H3/t23-/m0/s1. The average molecular weight is 483 g/mol. The summed E-state index contributed by atoms with van der Waals surface area (Å²) < 4.78 is 44.2. The molecule has 1 saturated heterocycles. The maximum absolute atomic E-state index is 14.5. The number of carbonyl (C=O) groups excluding carboxylic acids is 1. The lowest BCUT2D eigenvalue weighted by Crippen LogP contribution is -2.47. The smallest absolute Gasteiger partial charge is 0.289 e. The van der Waals surface area contributed by atoms with E-state index in [-0.39, 0.29) is 30.4 Å². The van der Waals surface area contributed by atoms with E-state index in [1.807, 2.05) is 12.1 Å². The number of likely N-dealkylation sites (tertiary alicyclic amines) is 1. The van der Waals surface area contributed by atoms with Crippen molar-refractivity contribution >= 4 is 5.91 Å². The maximum Gasteiger partial charge on any atom is 0.289 e. The molecule has 0 unspecified atom stereocenters. The van der Waals surface area contributed by atoms with E-state index >= 15 is 0 Å². The molecule has 0 bridgehead atoms. The molecule has 1 aromatic heterocycles. The van der Waals surface area contributed by atoms with Crippen molar-refractivity contribution in [3.8, 4) is 11.5 Å². The number of carbonyl (C=O) groups is 1. The average Bonchev–Trinajstić information content (AvgIpc) is 3.56. The van der Waals surface area contributed by atoms with Gasteiger partial charge in [-0.1, -0.05) is 12.1 Å². The Balaban J connectivity index is 1.28. The van der Waals surface area contributed by atoms with Crippen molar-refractivity contribution in [1.29, 1.82) is 0 Å². The van der Waals surface area contributed by atoms with Gasteiger partial charge in [-0.2, -0.15) is 0 Å². The van der Waals surface area contributed by atoms with Crippen LogP contribution in [0.4, 0.5) is 8.78 Å². The summed E-state index contributed by atoms with van der Waals surface area (Å²) in [5, 5.41) is 0. The minimum atomic E-state index is -0.611. The third kappa shape index (κ3) is 5.17. The predicted molar refractivity (Wildman–Crippen MR) is 125 cm³/mol. The first kappa shape index (κ1) is 23.4. The second kappa shape index (κ2) is 10.1. The van der Waals surface area contributed by atoms with Crippen molar-refractivity contribution in [2.75, 3.05) is 26.9 Å². The number of rotatable bonds is 7. The molecule has 2 aromatic carbocycles. The molecule has 184 valence electrons. The lowest BCUT2D eigenvalue weighted by Gasteiger charge is -2.40. The molecule has 1 fully saturated rings. The third-order valence-electron chi connectivity index (χ3n) is 7.01. The number of furan rings is 1. The number of fused-ring (bicyclic) bond motifs is 1. The number of hydrogen-bond acceptors (Lipinski definition) is 5. The molecule has 2 aliphatic heterocycles. The summed E-state index contributed by atoms with van der Waals surface area (Å²) in [5.41, 5.74) is 1.56. The van der Waals surface area contributed by atoms with Crippen LogP contribution < -0.4 is 9.47 Å². The van der Waals surface area contributed by atoms with Crippen LogP contribution in [-0.2, 0) is 13.0 Å². The Kier molecular flexibility index (Phi) is 6.72. The quantitative estimate of drug-likeness (QED) is 0.480. The summed E-state index contributed by atoms with van der Waals surface area (Å²) in [4.78, 5) is 17.1. The fourth-order valence-electron chi connectivity index (χ4n) is 5.05. The summed E-state index contributed by atoms with van der Waals surface area (Å²) in [7, 11) is 1.73. The summed E-state index contributed by atoms with van der Waals surface area (Å²) >= 11 is 0. The Morgan fingerprint density at radius 1 is 1.09 bits per heavy atom. The number of ether oxygens (including phenoxy) is 2. The van der Waals surface area contributed by atoms with Gasteiger partial charge in [0.05, 0.1) is 6.26 Å². The Morgan fingerprint density at radius 3 is 2.63 bits per heavy atom. The second-order valence-corrected chi connectivity index (χ2v) is 9.20. The van der Waals surface area contributed by atoms with Gasteiger partial charge in [0.25, 0.3) is 5.91 Å². The highest BCUT2D eigenvalue weighted by Crippen LogP contribution is 2.34. The van der Waals surface area contributed by atoms with E-state index in [0.717, 1.165) is 55.6 Å². The number of hydrogen-bond donors (Lipinski definition) is 0. The number of benzene rings is 2. The molecular weight excluding hydrogens is 454 g/mol. The van der Waals surface area contributed by atoms with Crippen molar-refractivity contribution < 1.29 is 27.5 Å². The molecule has 0 spiro atoms. The van der Waals surface area contributed by atoms with Gasteiger partial charge in [0.1, 0.15) is 11.6 Å². The van der Waals surface area contributed by atoms with E-state index in [1.54, 1.807) is 24.1 Å². The zero-order chi connectivity index (χ0) is 24.4. The lowest BCUT2D eigenvalue weighted by atomic mass is 9.84. The van der Waals surface area contributed by atoms with Gasteiger partial charge in [0, 0.05) is 25.7 Å². The van der Waals surface area contributed by atoms with Gasteiger partial charge < -0.3 is 18.8 Å². The predicted octanol–water partition coefficient (Wildman–Crippen LogP) is 4.88. The van der Waals surface area contributed by atoms with Gasteiger partial charge in [-0.3, -0.25) is 9.69 Å². The van der Waals surface area contributed by atoms with Crippen LogP contribution in [0.5, 0.6) is 11.5 Å². The van der Waals surface area contributed by atoms with Gasteiger partial charge in [-0.05, 0) is 79.7 Å². The fraction of sp³-hybridized carbons (Fsp3) is 0.370. The first-order valence-corrected chi connectivity index (χ1v) is 11.8. The summed E-state index contributed by atoms with van der Waals surface area (Å²) in [5.74, 6) is 0.511. The largest absolute Gasteiger partial charge is 0.459 e. The van der Waals surface area contributed by atoms with Crippen LogP contribution in [0, 0.1) is 17.6 Å². The molecule has 0 radical (unpaired) electrons. The van der Waals surface area contributed by atoms with Gasteiger partial charge in [0.2, 0.25) is 6.79 Å².